The zero-order valence-corrected chi connectivity index (χ0v) is 17.1. The lowest BCUT2D eigenvalue weighted by Crippen LogP contribution is -2.34. The van der Waals surface area contributed by atoms with E-state index in [2.05, 4.69) is 10.4 Å². The Morgan fingerprint density at radius 1 is 1.17 bits per heavy atom. The topological polar surface area (TPSA) is 78.2 Å². The highest BCUT2D eigenvalue weighted by atomic mass is 35.5. The third-order valence-electron chi connectivity index (χ3n) is 4.43. The van der Waals surface area contributed by atoms with Crippen LogP contribution >= 0.6 is 11.6 Å². The first-order valence-corrected chi connectivity index (χ1v) is 9.74. The van der Waals surface area contributed by atoms with E-state index in [0.29, 0.717) is 30.4 Å². The first kappa shape index (κ1) is 20.7. The molecule has 8 heteroatoms. The molecule has 0 aliphatic heterocycles. The fraction of sp³-hybridized carbons (Fsp3) is 0.286. The molecule has 1 N–H and O–H groups in total. The Morgan fingerprint density at radius 2 is 1.90 bits per heavy atom. The minimum atomic E-state index is -0.355. The van der Waals surface area contributed by atoms with E-state index in [1.807, 2.05) is 31.2 Å². The maximum atomic E-state index is 12.4. The van der Waals surface area contributed by atoms with E-state index in [1.165, 1.54) is 4.57 Å². The minimum Gasteiger partial charge on any atom is -0.494 e. The Morgan fingerprint density at radius 3 is 2.62 bits per heavy atom. The van der Waals surface area contributed by atoms with Gasteiger partial charge in [0.25, 0.3) is 0 Å². The summed E-state index contributed by atoms with van der Waals surface area (Å²) in [5.41, 5.74) is 1.42. The smallest absolute Gasteiger partial charge is 0.346 e. The molecule has 0 unspecified atom stereocenters. The Labute approximate surface area is 173 Å². The Hall–Kier alpha value is -3.06. The fourth-order valence-electron chi connectivity index (χ4n) is 2.98. The van der Waals surface area contributed by atoms with E-state index in [9.17, 15) is 9.59 Å². The quantitative estimate of drug-likeness (QED) is 0.614. The molecule has 152 valence electrons. The van der Waals surface area contributed by atoms with Crippen LogP contribution in [-0.2, 0) is 24.8 Å². The predicted octanol–water partition coefficient (Wildman–Crippen LogP) is 2.66. The van der Waals surface area contributed by atoms with Crippen molar-refractivity contribution >= 4 is 17.5 Å². The summed E-state index contributed by atoms with van der Waals surface area (Å²) in [7, 11) is 1.62. The van der Waals surface area contributed by atoms with Gasteiger partial charge in [0.2, 0.25) is 5.91 Å². The van der Waals surface area contributed by atoms with Crippen molar-refractivity contribution in [3.63, 3.8) is 0 Å². The summed E-state index contributed by atoms with van der Waals surface area (Å²) >= 11 is 5.91. The molecule has 0 fully saturated rings. The van der Waals surface area contributed by atoms with E-state index >= 15 is 0 Å². The summed E-state index contributed by atoms with van der Waals surface area (Å²) < 4.78 is 8.16. The van der Waals surface area contributed by atoms with Gasteiger partial charge in [-0.05, 0) is 49.2 Å². The number of carbonyl (C=O) groups is 1. The van der Waals surface area contributed by atoms with Crippen LogP contribution in [0, 0.1) is 0 Å². The number of para-hydroxylation sites is 1. The fourth-order valence-corrected chi connectivity index (χ4v) is 3.10. The highest BCUT2D eigenvalue weighted by Crippen LogP contribution is 2.19. The molecule has 0 saturated carbocycles. The van der Waals surface area contributed by atoms with Crippen molar-refractivity contribution in [3.8, 4) is 17.1 Å². The van der Waals surface area contributed by atoms with Crippen molar-refractivity contribution < 1.29 is 9.53 Å². The van der Waals surface area contributed by atoms with E-state index in [4.69, 9.17) is 16.3 Å². The Kier molecular flexibility index (Phi) is 6.72. The average Bonchev–Trinajstić information content (AvgIpc) is 2.98. The molecule has 2 aromatic carbocycles. The maximum Gasteiger partial charge on any atom is 0.346 e. The molecule has 0 aliphatic rings. The third-order valence-corrected chi connectivity index (χ3v) is 4.68. The molecule has 0 bridgehead atoms. The molecule has 1 heterocycles. The highest BCUT2D eigenvalue weighted by molar-refractivity contribution is 6.30. The van der Waals surface area contributed by atoms with Gasteiger partial charge >= 0.3 is 5.69 Å². The lowest BCUT2D eigenvalue weighted by atomic mass is 10.1. The van der Waals surface area contributed by atoms with Gasteiger partial charge in [-0.3, -0.25) is 9.36 Å². The third kappa shape index (κ3) is 5.06. The van der Waals surface area contributed by atoms with Gasteiger partial charge in [-0.15, -0.1) is 5.10 Å². The van der Waals surface area contributed by atoms with Crippen LogP contribution in [-0.4, -0.2) is 33.4 Å². The number of halogens is 1. The molecule has 0 atom stereocenters. The Bertz CT molecular complexity index is 1040. The molecule has 7 nitrogen and oxygen atoms in total. The first-order valence-electron chi connectivity index (χ1n) is 9.36. The van der Waals surface area contributed by atoms with Crippen molar-refractivity contribution in [1.29, 1.82) is 0 Å². The average molecular weight is 415 g/mol. The number of nitrogens with zero attached hydrogens (tertiary/aromatic N) is 3. The van der Waals surface area contributed by atoms with Crippen molar-refractivity contribution in [2.45, 2.75) is 19.9 Å². The van der Waals surface area contributed by atoms with Crippen LogP contribution in [0.25, 0.3) is 11.4 Å². The van der Waals surface area contributed by atoms with Gasteiger partial charge in [-0.1, -0.05) is 29.8 Å². The molecule has 3 aromatic rings. The number of benzene rings is 2. The second-order valence-electron chi connectivity index (χ2n) is 6.47. The molecule has 29 heavy (non-hydrogen) atoms. The molecule has 3 rings (SSSR count). The normalized spacial score (nSPS) is 10.7. The van der Waals surface area contributed by atoms with Gasteiger partial charge in [0.1, 0.15) is 12.3 Å². The summed E-state index contributed by atoms with van der Waals surface area (Å²) in [6.45, 7) is 2.81. The number of rotatable bonds is 8. The molecule has 1 amide bonds. The minimum absolute atomic E-state index is 0.145. The van der Waals surface area contributed by atoms with Gasteiger partial charge < -0.3 is 10.1 Å². The van der Waals surface area contributed by atoms with Crippen molar-refractivity contribution in [2.75, 3.05) is 13.2 Å². The number of nitrogens with one attached hydrogen (secondary N) is 1. The highest BCUT2D eigenvalue weighted by Gasteiger charge is 2.14. The zero-order valence-electron chi connectivity index (χ0n) is 16.4. The standard InChI is InChI=1S/C21H23ClN4O3/c1-3-29-18-7-5-4-6-15(18)12-13-23-19(27)14-26-21(28)25(2)20(24-26)16-8-10-17(22)11-9-16/h4-11H,3,12-14H2,1-2H3,(H,23,27). The monoisotopic (exact) mass is 414 g/mol. The molecular weight excluding hydrogens is 392 g/mol. The number of aromatic nitrogens is 3. The second-order valence-corrected chi connectivity index (χ2v) is 6.91. The number of hydrogen-bond donors (Lipinski definition) is 1. The molecular formula is C21H23ClN4O3. The molecule has 1 aromatic heterocycles. The summed E-state index contributed by atoms with van der Waals surface area (Å²) in [4.78, 5) is 24.7. The van der Waals surface area contributed by atoms with Crippen molar-refractivity contribution in [1.82, 2.24) is 19.7 Å². The Balaban J connectivity index is 1.62. The van der Waals surface area contributed by atoms with Crippen LogP contribution in [0.5, 0.6) is 5.75 Å². The van der Waals surface area contributed by atoms with Crippen LogP contribution in [0.3, 0.4) is 0 Å². The maximum absolute atomic E-state index is 12.4. The van der Waals surface area contributed by atoms with Gasteiger partial charge in [-0.2, -0.15) is 0 Å². The largest absolute Gasteiger partial charge is 0.494 e. The van der Waals surface area contributed by atoms with Gasteiger partial charge in [0, 0.05) is 24.2 Å². The molecule has 0 spiro atoms. The van der Waals surface area contributed by atoms with Gasteiger partial charge in [0.05, 0.1) is 6.61 Å². The van der Waals surface area contributed by atoms with Gasteiger partial charge in [-0.25, -0.2) is 9.48 Å². The zero-order chi connectivity index (χ0) is 20.8. The molecule has 0 radical (unpaired) electrons. The number of carbonyl (C=O) groups excluding carboxylic acids is 1. The predicted molar refractivity (Wildman–Crippen MR) is 112 cm³/mol. The van der Waals surface area contributed by atoms with Crippen molar-refractivity contribution in [3.05, 3.63) is 69.6 Å². The first-order chi connectivity index (χ1) is 14.0. The number of hydrogen-bond acceptors (Lipinski definition) is 4. The SMILES string of the molecule is CCOc1ccccc1CCNC(=O)Cn1nc(-c2ccc(Cl)cc2)n(C)c1=O. The van der Waals surface area contributed by atoms with E-state index < -0.39 is 0 Å². The van der Waals surface area contributed by atoms with Gasteiger partial charge in [0.15, 0.2) is 5.82 Å². The van der Waals surface area contributed by atoms with Crippen molar-refractivity contribution in [2.24, 2.45) is 7.05 Å². The lowest BCUT2D eigenvalue weighted by molar-refractivity contribution is -0.121. The molecule has 0 aliphatic carbocycles. The summed E-state index contributed by atoms with van der Waals surface area (Å²) in [5, 5.41) is 7.73. The summed E-state index contributed by atoms with van der Waals surface area (Å²) in [6.07, 6.45) is 0.634. The summed E-state index contributed by atoms with van der Waals surface area (Å²) in [6, 6.07) is 14.8. The van der Waals surface area contributed by atoms with Crippen LogP contribution in [0.15, 0.2) is 53.3 Å². The number of amides is 1. The van der Waals surface area contributed by atoms with Crippen LogP contribution < -0.4 is 15.7 Å². The lowest BCUT2D eigenvalue weighted by Gasteiger charge is -2.10. The van der Waals surface area contributed by atoms with E-state index in [0.717, 1.165) is 21.6 Å². The summed E-state index contributed by atoms with van der Waals surface area (Å²) in [5.74, 6) is 1.02. The van der Waals surface area contributed by atoms with Crippen LogP contribution in [0.4, 0.5) is 0 Å². The number of ether oxygens (including phenoxy) is 1. The van der Waals surface area contributed by atoms with E-state index in [-0.39, 0.29) is 18.1 Å². The second kappa shape index (κ2) is 9.43. The molecule has 0 saturated heterocycles. The van der Waals surface area contributed by atoms with Crippen LogP contribution in [0.1, 0.15) is 12.5 Å². The van der Waals surface area contributed by atoms with Crippen LogP contribution in [0.2, 0.25) is 5.02 Å². The van der Waals surface area contributed by atoms with E-state index in [1.54, 1.807) is 31.3 Å².